The molecule has 1 saturated heterocycles. The maximum Gasteiger partial charge on any atom is 0.274 e. The molecule has 1 aliphatic heterocycles. The highest BCUT2D eigenvalue weighted by Gasteiger charge is 2.39. The van der Waals surface area contributed by atoms with Crippen molar-refractivity contribution in [1.29, 1.82) is 0 Å². The van der Waals surface area contributed by atoms with Crippen LogP contribution >= 0.6 is 11.3 Å². The molecule has 4 aromatic rings. The fourth-order valence-electron chi connectivity index (χ4n) is 4.63. The average molecular weight is 494 g/mol. The average Bonchev–Trinajstić information content (AvgIpc) is 3.58. The molecule has 0 spiro atoms. The lowest BCUT2D eigenvalue weighted by Crippen LogP contribution is -2.33. The molecule has 0 bridgehead atoms. The SMILES string of the molecule is COc1ccc(-c2sc(C)nc2C(=O)N2CC[C@H](C)[C@H]2c2nc3cc(OC)c(OC)cc3[nH]2)cn1. The van der Waals surface area contributed by atoms with E-state index in [0.717, 1.165) is 38.7 Å². The minimum Gasteiger partial charge on any atom is -0.493 e. The summed E-state index contributed by atoms with van der Waals surface area (Å²) in [6.07, 6.45) is 2.59. The topological polar surface area (TPSA) is 102 Å². The molecule has 2 atom stereocenters. The number of fused-ring (bicyclic) bond motifs is 1. The third-order valence-electron chi connectivity index (χ3n) is 6.39. The first-order valence-corrected chi connectivity index (χ1v) is 12.2. The van der Waals surface area contributed by atoms with Gasteiger partial charge in [-0.1, -0.05) is 6.92 Å². The highest BCUT2D eigenvalue weighted by Crippen LogP contribution is 2.40. The lowest BCUT2D eigenvalue weighted by atomic mass is 10.0. The number of benzene rings is 1. The zero-order valence-electron chi connectivity index (χ0n) is 20.3. The molecule has 5 rings (SSSR count). The molecule has 3 aromatic heterocycles. The number of methoxy groups -OCH3 is 3. The Morgan fingerprint density at radius 2 is 1.89 bits per heavy atom. The number of pyridine rings is 1. The zero-order chi connectivity index (χ0) is 24.7. The van der Waals surface area contributed by atoms with Gasteiger partial charge in [0.15, 0.2) is 11.5 Å². The Morgan fingerprint density at radius 3 is 2.57 bits per heavy atom. The Morgan fingerprint density at radius 1 is 1.11 bits per heavy atom. The summed E-state index contributed by atoms with van der Waals surface area (Å²) in [6.45, 7) is 4.68. The third-order valence-corrected chi connectivity index (χ3v) is 7.41. The number of likely N-dealkylation sites (tertiary alicyclic amines) is 1. The molecular weight excluding hydrogens is 466 g/mol. The van der Waals surface area contributed by atoms with Crippen molar-refractivity contribution in [3.05, 3.63) is 47.0 Å². The second kappa shape index (κ2) is 9.18. The Kier molecular flexibility index (Phi) is 6.06. The summed E-state index contributed by atoms with van der Waals surface area (Å²) < 4.78 is 16.0. The Labute approximate surface area is 207 Å². The maximum absolute atomic E-state index is 13.9. The van der Waals surface area contributed by atoms with Gasteiger partial charge in [0.2, 0.25) is 5.88 Å². The van der Waals surface area contributed by atoms with Gasteiger partial charge in [0, 0.05) is 36.5 Å². The van der Waals surface area contributed by atoms with Crippen molar-refractivity contribution in [3.8, 4) is 27.8 Å². The van der Waals surface area contributed by atoms with Crippen LogP contribution < -0.4 is 14.2 Å². The van der Waals surface area contributed by atoms with E-state index in [9.17, 15) is 4.79 Å². The fraction of sp³-hybridized carbons (Fsp3) is 0.360. The summed E-state index contributed by atoms with van der Waals surface area (Å²) in [6, 6.07) is 7.21. The van der Waals surface area contributed by atoms with E-state index in [-0.39, 0.29) is 17.9 Å². The number of thiazole rings is 1. The van der Waals surface area contributed by atoms with E-state index in [0.29, 0.717) is 29.6 Å². The summed E-state index contributed by atoms with van der Waals surface area (Å²) in [5, 5.41) is 0.825. The number of amides is 1. The molecule has 4 heterocycles. The van der Waals surface area contributed by atoms with Crippen molar-refractivity contribution in [2.45, 2.75) is 26.3 Å². The van der Waals surface area contributed by atoms with Crippen LogP contribution in [0.3, 0.4) is 0 Å². The number of rotatable bonds is 6. The standard InChI is InChI=1S/C25H27N5O4S/c1-13-8-9-30(22(13)24-28-16-10-18(32-3)19(33-4)11-17(16)29-24)25(31)21-23(35-14(2)27-21)15-6-7-20(34-5)26-12-15/h6-7,10-13,22H,8-9H2,1-5H3,(H,28,29)/t13-,22-/m0/s1. The van der Waals surface area contributed by atoms with E-state index in [1.165, 1.54) is 11.3 Å². The van der Waals surface area contributed by atoms with Gasteiger partial charge in [-0.15, -0.1) is 11.3 Å². The van der Waals surface area contributed by atoms with Gasteiger partial charge in [0.1, 0.15) is 11.5 Å². The van der Waals surface area contributed by atoms with E-state index >= 15 is 0 Å². The second-order valence-corrected chi connectivity index (χ2v) is 9.76. The molecule has 0 saturated carbocycles. The minimum absolute atomic E-state index is 0.106. The smallest absolute Gasteiger partial charge is 0.274 e. The fourth-order valence-corrected chi connectivity index (χ4v) is 5.53. The predicted molar refractivity (Wildman–Crippen MR) is 133 cm³/mol. The van der Waals surface area contributed by atoms with Crippen molar-refractivity contribution in [3.63, 3.8) is 0 Å². The Bertz CT molecular complexity index is 1340. The van der Waals surface area contributed by atoms with Crippen LogP contribution in [0.2, 0.25) is 0 Å². The van der Waals surface area contributed by atoms with Gasteiger partial charge in [-0.3, -0.25) is 4.79 Å². The lowest BCUT2D eigenvalue weighted by Gasteiger charge is -2.25. The third kappa shape index (κ3) is 4.07. The molecule has 35 heavy (non-hydrogen) atoms. The molecular formula is C25H27N5O4S. The summed E-state index contributed by atoms with van der Waals surface area (Å²) >= 11 is 1.49. The van der Waals surface area contributed by atoms with Gasteiger partial charge in [0.05, 0.1) is 48.3 Å². The minimum atomic E-state index is -0.198. The van der Waals surface area contributed by atoms with Gasteiger partial charge in [-0.2, -0.15) is 0 Å². The molecule has 0 unspecified atom stereocenters. The zero-order valence-corrected chi connectivity index (χ0v) is 21.1. The van der Waals surface area contributed by atoms with E-state index in [1.807, 2.05) is 30.0 Å². The van der Waals surface area contributed by atoms with Crippen LogP contribution in [0.1, 0.15) is 40.7 Å². The molecule has 1 fully saturated rings. The highest BCUT2D eigenvalue weighted by atomic mass is 32.1. The number of aromatic amines is 1. The van der Waals surface area contributed by atoms with Gasteiger partial charge >= 0.3 is 0 Å². The van der Waals surface area contributed by atoms with Gasteiger partial charge in [-0.05, 0) is 25.3 Å². The first kappa shape index (κ1) is 23.1. The van der Waals surface area contributed by atoms with Crippen molar-refractivity contribution >= 4 is 28.3 Å². The van der Waals surface area contributed by atoms with Crippen molar-refractivity contribution in [1.82, 2.24) is 24.8 Å². The van der Waals surface area contributed by atoms with Crippen molar-refractivity contribution < 1.29 is 19.0 Å². The Hall–Kier alpha value is -3.66. The number of ether oxygens (including phenoxy) is 3. The number of nitrogens with zero attached hydrogens (tertiary/aromatic N) is 4. The van der Waals surface area contributed by atoms with E-state index in [4.69, 9.17) is 19.2 Å². The van der Waals surface area contributed by atoms with Crippen LogP contribution in [-0.2, 0) is 0 Å². The number of carbonyl (C=O) groups excluding carboxylic acids is 1. The number of nitrogens with one attached hydrogen (secondary N) is 1. The monoisotopic (exact) mass is 493 g/mol. The number of H-pyrrole nitrogens is 1. The van der Waals surface area contributed by atoms with Gasteiger partial charge in [0.25, 0.3) is 5.91 Å². The molecule has 182 valence electrons. The van der Waals surface area contributed by atoms with Crippen LogP contribution in [0.4, 0.5) is 0 Å². The van der Waals surface area contributed by atoms with E-state index in [1.54, 1.807) is 33.6 Å². The molecule has 10 heteroatoms. The molecule has 1 N–H and O–H groups in total. The number of aryl methyl sites for hydroxylation is 1. The van der Waals surface area contributed by atoms with Gasteiger partial charge < -0.3 is 24.1 Å². The first-order valence-electron chi connectivity index (χ1n) is 11.3. The Balaban J connectivity index is 1.51. The summed E-state index contributed by atoms with van der Waals surface area (Å²) in [5.41, 5.74) is 2.88. The maximum atomic E-state index is 13.9. The summed E-state index contributed by atoms with van der Waals surface area (Å²) in [5.74, 6) is 2.63. The number of carbonyl (C=O) groups is 1. The van der Waals surface area contributed by atoms with Crippen LogP contribution in [0.15, 0.2) is 30.5 Å². The van der Waals surface area contributed by atoms with Crippen LogP contribution in [0.5, 0.6) is 17.4 Å². The quantitative estimate of drug-likeness (QED) is 0.417. The normalized spacial score (nSPS) is 17.7. The van der Waals surface area contributed by atoms with Crippen molar-refractivity contribution in [2.24, 2.45) is 5.92 Å². The number of hydrogen-bond donors (Lipinski definition) is 1. The second-order valence-electron chi connectivity index (χ2n) is 8.56. The molecule has 0 aliphatic carbocycles. The first-order chi connectivity index (χ1) is 16.9. The highest BCUT2D eigenvalue weighted by molar-refractivity contribution is 7.15. The molecule has 9 nitrogen and oxygen atoms in total. The molecule has 1 amide bonds. The van der Waals surface area contributed by atoms with Crippen LogP contribution in [0, 0.1) is 12.8 Å². The van der Waals surface area contributed by atoms with E-state index < -0.39 is 0 Å². The van der Waals surface area contributed by atoms with Gasteiger partial charge in [-0.25, -0.2) is 15.0 Å². The molecule has 1 aromatic carbocycles. The predicted octanol–water partition coefficient (Wildman–Crippen LogP) is 4.64. The largest absolute Gasteiger partial charge is 0.493 e. The van der Waals surface area contributed by atoms with Crippen LogP contribution in [0.25, 0.3) is 21.5 Å². The lowest BCUT2D eigenvalue weighted by molar-refractivity contribution is 0.0710. The summed E-state index contributed by atoms with van der Waals surface area (Å²) in [4.78, 5) is 33.7. The number of imidazole rings is 1. The number of aromatic nitrogens is 4. The summed E-state index contributed by atoms with van der Waals surface area (Å²) in [7, 11) is 4.78. The van der Waals surface area contributed by atoms with Crippen molar-refractivity contribution in [2.75, 3.05) is 27.9 Å². The molecule has 1 aliphatic rings. The molecule has 0 radical (unpaired) electrons. The number of hydrogen-bond acceptors (Lipinski definition) is 8. The van der Waals surface area contributed by atoms with E-state index in [2.05, 4.69) is 21.9 Å². The van der Waals surface area contributed by atoms with Crippen LogP contribution in [-0.4, -0.2) is 58.6 Å².